The highest BCUT2D eigenvalue weighted by Crippen LogP contribution is 2.29. The average Bonchev–Trinajstić information content (AvgIpc) is 2.34. The molecule has 2 fully saturated rings. The van der Waals surface area contributed by atoms with Gasteiger partial charge in [-0.05, 0) is 63.6 Å². The second-order valence-corrected chi connectivity index (χ2v) is 6.38. The fourth-order valence-electron chi connectivity index (χ4n) is 3.63. The molecule has 2 rings (SSSR count). The van der Waals surface area contributed by atoms with Gasteiger partial charge in [-0.25, -0.2) is 0 Å². The monoisotopic (exact) mass is 238 g/mol. The molecule has 3 atom stereocenters. The summed E-state index contributed by atoms with van der Waals surface area (Å²) in [5.41, 5.74) is 0. The molecule has 0 bridgehead atoms. The summed E-state index contributed by atoms with van der Waals surface area (Å²) < 4.78 is 0. The third-order valence-electron chi connectivity index (χ3n) is 4.92. The van der Waals surface area contributed by atoms with E-state index in [-0.39, 0.29) is 0 Å². The van der Waals surface area contributed by atoms with Crippen molar-refractivity contribution < 1.29 is 0 Å². The Hall–Kier alpha value is -0.0800. The smallest absolute Gasteiger partial charge is 0.00955 e. The highest BCUT2D eigenvalue weighted by atomic mass is 15.1. The van der Waals surface area contributed by atoms with Crippen LogP contribution in [0, 0.1) is 11.8 Å². The van der Waals surface area contributed by atoms with E-state index >= 15 is 0 Å². The van der Waals surface area contributed by atoms with E-state index in [4.69, 9.17) is 0 Å². The summed E-state index contributed by atoms with van der Waals surface area (Å²) in [5, 5.41) is 3.95. The quantitative estimate of drug-likeness (QED) is 0.813. The summed E-state index contributed by atoms with van der Waals surface area (Å²) in [6, 6.07) is 1.59. The molecule has 2 aliphatic rings. The van der Waals surface area contributed by atoms with E-state index in [2.05, 4.69) is 31.0 Å². The topological polar surface area (TPSA) is 15.3 Å². The van der Waals surface area contributed by atoms with Gasteiger partial charge >= 0.3 is 0 Å². The van der Waals surface area contributed by atoms with E-state index in [1.165, 1.54) is 51.7 Å². The van der Waals surface area contributed by atoms with Gasteiger partial charge in [0.05, 0.1) is 0 Å². The maximum atomic E-state index is 3.95. The van der Waals surface area contributed by atoms with Crippen LogP contribution < -0.4 is 5.32 Å². The lowest BCUT2D eigenvalue weighted by molar-refractivity contribution is 0.163. The Bertz CT molecular complexity index is 221. The van der Waals surface area contributed by atoms with Crippen molar-refractivity contribution in [3.05, 3.63) is 0 Å². The number of likely N-dealkylation sites (tertiary alicyclic amines) is 1. The molecule has 17 heavy (non-hydrogen) atoms. The van der Waals surface area contributed by atoms with Crippen LogP contribution in [0.4, 0.5) is 0 Å². The Morgan fingerprint density at radius 2 is 1.76 bits per heavy atom. The Kier molecular flexibility index (Phi) is 4.87. The minimum Gasteiger partial charge on any atom is -0.311 e. The number of hydrogen-bond acceptors (Lipinski definition) is 2. The molecule has 1 aliphatic heterocycles. The lowest BCUT2D eigenvalue weighted by Crippen LogP contribution is -2.49. The number of nitrogens with one attached hydrogen (secondary N) is 1. The van der Waals surface area contributed by atoms with Crippen LogP contribution in [0.3, 0.4) is 0 Å². The highest BCUT2D eigenvalue weighted by molar-refractivity contribution is 4.86. The number of nitrogens with zero attached hydrogens (tertiary/aromatic N) is 1. The van der Waals surface area contributed by atoms with Crippen LogP contribution in [0.15, 0.2) is 0 Å². The van der Waals surface area contributed by atoms with Crippen LogP contribution in [0.2, 0.25) is 0 Å². The molecule has 3 unspecified atom stereocenters. The van der Waals surface area contributed by atoms with E-state index in [9.17, 15) is 0 Å². The van der Waals surface area contributed by atoms with Gasteiger partial charge in [0.15, 0.2) is 0 Å². The van der Waals surface area contributed by atoms with Gasteiger partial charge in [0.1, 0.15) is 0 Å². The molecule has 2 nitrogen and oxygen atoms in total. The molecule has 2 heteroatoms. The molecule has 0 aromatic rings. The van der Waals surface area contributed by atoms with Crippen molar-refractivity contribution in [2.45, 2.75) is 65.0 Å². The minimum absolute atomic E-state index is 0.790. The molecule has 0 spiro atoms. The average molecular weight is 238 g/mol. The SMILES string of the molecule is CCN1CCC(NC2CCC(C)CC2C)CC1. The molecule has 0 aromatic carbocycles. The standard InChI is InChI=1S/C15H30N2/c1-4-17-9-7-14(8-10-17)16-15-6-5-12(2)11-13(15)3/h12-16H,4-11H2,1-3H3. The molecule has 1 saturated carbocycles. The van der Waals surface area contributed by atoms with Crippen molar-refractivity contribution in [2.24, 2.45) is 11.8 Å². The number of rotatable bonds is 3. The molecule has 1 heterocycles. The zero-order valence-electron chi connectivity index (χ0n) is 11.9. The fourth-order valence-corrected chi connectivity index (χ4v) is 3.63. The third kappa shape index (κ3) is 3.69. The Morgan fingerprint density at radius 1 is 1.06 bits per heavy atom. The molecule has 0 amide bonds. The fraction of sp³-hybridized carbons (Fsp3) is 1.00. The zero-order valence-corrected chi connectivity index (χ0v) is 11.9. The number of hydrogen-bond donors (Lipinski definition) is 1. The lowest BCUT2D eigenvalue weighted by atomic mass is 9.79. The van der Waals surface area contributed by atoms with Gasteiger partial charge < -0.3 is 10.2 Å². The predicted octanol–water partition coefficient (Wildman–Crippen LogP) is 2.89. The molecular formula is C15H30N2. The van der Waals surface area contributed by atoms with Crippen molar-refractivity contribution >= 4 is 0 Å². The third-order valence-corrected chi connectivity index (χ3v) is 4.92. The number of piperidine rings is 1. The van der Waals surface area contributed by atoms with E-state index in [1.54, 1.807) is 0 Å². The Morgan fingerprint density at radius 3 is 2.35 bits per heavy atom. The van der Waals surface area contributed by atoms with Gasteiger partial charge in [0.25, 0.3) is 0 Å². The largest absolute Gasteiger partial charge is 0.311 e. The van der Waals surface area contributed by atoms with Crippen LogP contribution >= 0.6 is 0 Å². The second kappa shape index (κ2) is 6.19. The van der Waals surface area contributed by atoms with Crippen molar-refractivity contribution in [3.8, 4) is 0 Å². The summed E-state index contributed by atoms with van der Waals surface area (Å²) >= 11 is 0. The first kappa shape index (κ1) is 13.4. The first-order valence-corrected chi connectivity index (χ1v) is 7.67. The summed E-state index contributed by atoms with van der Waals surface area (Å²) in [4.78, 5) is 2.57. The minimum atomic E-state index is 0.790. The van der Waals surface area contributed by atoms with Gasteiger partial charge in [-0.1, -0.05) is 20.8 Å². The molecule has 100 valence electrons. The van der Waals surface area contributed by atoms with E-state index in [1.807, 2.05) is 0 Å². The van der Waals surface area contributed by atoms with Gasteiger partial charge in [-0.3, -0.25) is 0 Å². The van der Waals surface area contributed by atoms with Crippen molar-refractivity contribution in [1.29, 1.82) is 0 Å². The second-order valence-electron chi connectivity index (χ2n) is 6.38. The van der Waals surface area contributed by atoms with Gasteiger partial charge in [-0.2, -0.15) is 0 Å². The first-order valence-electron chi connectivity index (χ1n) is 7.67. The highest BCUT2D eigenvalue weighted by Gasteiger charge is 2.28. The first-order chi connectivity index (χ1) is 8.19. The summed E-state index contributed by atoms with van der Waals surface area (Å²) in [7, 11) is 0. The van der Waals surface area contributed by atoms with Gasteiger partial charge in [0.2, 0.25) is 0 Å². The van der Waals surface area contributed by atoms with Crippen molar-refractivity contribution in [3.63, 3.8) is 0 Å². The summed E-state index contributed by atoms with van der Waals surface area (Å²) in [6.45, 7) is 10.9. The van der Waals surface area contributed by atoms with Gasteiger partial charge in [-0.15, -0.1) is 0 Å². The predicted molar refractivity (Wildman–Crippen MR) is 74.2 cm³/mol. The lowest BCUT2D eigenvalue weighted by Gasteiger charge is -2.39. The van der Waals surface area contributed by atoms with Crippen LogP contribution in [-0.4, -0.2) is 36.6 Å². The molecule has 1 saturated heterocycles. The molecule has 0 aromatic heterocycles. The maximum absolute atomic E-state index is 3.95. The van der Waals surface area contributed by atoms with E-state index in [0.717, 1.165) is 23.9 Å². The summed E-state index contributed by atoms with van der Waals surface area (Å²) in [6.07, 6.45) is 6.96. The van der Waals surface area contributed by atoms with Crippen molar-refractivity contribution in [2.75, 3.05) is 19.6 Å². The van der Waals surface area contributed by atoms with Crippen molar-refractivity contribution in [1.82, 2.24) is 10.2 Å². The summed E-state index contributed by atoms with van der Waals surface area (Å²) in [5.74, 6) is 1.83. The van der Waals surface area contributed by atoms with Crippen LogP contribution in [-0.2, 0) is 0 Å². The Labute approximate surface area is 107 Å². The van der Waals surface area contributed by atoms with Crippen LogP contribution in [0.1, 0.15) is 52.9 Å². The van der Waals surface area contributed by atoms with Crippen LogP contribution in [0.25, 0.3) is 0 Å². The molecular weight excluding hydrogens is 208 g/mol. The van der Waals surface area contributed by atoms with Gasteiger partial charge in [0, 0.05) is 12.1 Å². The van der Waals surface area contributed by atoms with Crippen LogP contribution in [0.5, 0.6) is 0 Å². The van der Waals surface area contributed by atoms with E-state index in [0.29, 0.717) is 0 Å². The maximum Gasteiger partial charge on any atom is 0.00955 e. The molecule has 0 radical (unpaired) electrons. The zero-order chi connectivity index (χ0) is 12.3. The normalized spacial score (nSPS) is 37.2. The van der Waals surface area contributed by atoms with E-state index < -0.39 is 0 Å². The Balaban J connectivity index is 1.74. The molecule has 1 N–H and O–H groups in total. The molecule has 1 aliphatic carbocycles.